The summed E-state index contributed by atoms with van der Waals surface area (Å²) in [5, 5.41) is 3.18. The Hall–Kier alpha value is -3.31. The molecule has 1 amide bonds. The SMILES string of the molecule is COC(=O)[C@H](Cc1ccc(OC)c(Cl)c1)NC(=O)c1ccc(-c2ccccc2)cc1. The minimum Gasteiger partial charge on any atom is -0.495 e. The van der Waals surface area contributed by atoms with Gasteiger partial charge in [-0.2, -0.15) is 0 Å². The predicted molar refractivity (Wildman–Crippen MR) is 117 cm³/mol. The second kappa shape index (κ2) is 9.94. The first-order valence-corrected chi connectivity index (χ1v) is 9.76. The topological polar surface area (TPSA) is 64.6 Å². The van der Waals surface area contributed by atoms with Crippen LogP contribution in [0.2, 0.25) is 5.02 Å². The molecule has 0 aliphatic heterocycles. The highest BCUT2D eigenvalue weighted by atomic mass is 35.5. The van der Waals surface area contributed by atoms with Crippen LogP contribution in [0.25, 0.3) is 11.1 Å². The Bertz CT molecular complexity index is 1020. The number of benzene rings is 3. The highest BCUT2D eigenvalue weighted by molar-refractivity contribution is 6.32. The fourth-order valence-electron chi connectivity index (χ4n) is 3.09. The first kappa shape index (κ1) is 21.4. The summed E-state index contributed by atoms with van der Waals surface area (Å²) in [6.45, 7) is 0. The Balaban J connectivity index is 1.74. The van der Waals surface area contributed by atoms with Gasteiger partial charge in [-0.15, -0.1) is 0 Å². The molecule has 5 nitrogen and oxygen atoms in total. The molecule has 6 heteroatoms. The number of carbonyl (C=O) groups excluding carboxylic acids is 2. The zero-order valence-electron chi connectivity index (χ0n) is 16.7. The van der Waals surface area contributed by atoms with Crippen LogP contribution in [-0.2, 0) is 16.0 Å². The Morgan fingerprint density at radius 2 is 1.60 bits per heavy atom. The van der Waals surface area contributed by atoms with Gasteiger partial charge in [0.1, 0.15) is 11.8 Å². The molecule has 3 aromatic rings. The van der Waals surface area contributed by atoms with Gasteiger partial charge in [0.15, 0.2) is 0 Å². The van der Waals surface area contributed by atoms with Crippen LogP contribution in [0.15, 0.2) is 72.8 Å². The Labute approximate surface area is 180 Å². The number of hydrogen-bond donors (Lipinski definition) is 1. The molecular weight excluding hydrogens is 402 g/mol. The van der Waals surface area contributed by atoms with Crippen molar-refractivity contribution in [1.29, 1.82) is 0 Å². The van der Waals surface area contributed by atoms with Crippen molar-refractivity contribution in [3.8, 4) is 16.9 Å². The lowest BCUT2D eigenvalue weighted by Crippen LogP contribution is -2.43. The van der Waals surface area contributed by atoms with Crippen LogP contribution in [0.4, 0.5) is 0 Å². The van der Waals surface area contributed by atoms with Gasteiger partial charge in [0, 0.05) is 12.0 Å². The quantitative estimate of drug-likeness (QED) is 0.567. The second-order valence-electron chi connectivity index (χ2n) is 6.67. The van der Waals surface area contributed by atoms with Crippen molar-refractivity contribution in [1.82, 2.24) is 5.32 Å². The van der Waals surface area contributed by atoms with Crippen molar-refractivity contribution in [3.05, 3.63) is 88.9 Å². The molecule has 0 aliphatic rings. The smallest absolute Gasteiger partial charge is 0.328 e. The Morgan fingerprint density at radius 1 is 0.933 bits per heavy atom. The van der Waals surface area contributed by atoms with Crippen LogP contribution in [0, 0.1) is 0 Å². The molecule has 0 radical (unpaired) electrons. The van der Waals surface area contributed by atoms with Gasteiger partial charge in [-0.1, -0.05) is 60.1 Å². The fourth-order valence-corrected chi connectivity index (χ4v) is 3.37. The van der Waals surface area contributed by atoms with Crippen LogP contribution in [0.3, 0.4) is 0 Å². The van der Waals surface area contributed by atoms with Gasteiger partial charge in [0.25, 0.3) is 5.91 Å². The van der Waals surface area contributed by atoms with E-state index in [2.05, 4.69) is 5.32 Å². The van der Waals surface area contributed by atoms with Gasteiger partial charge in [-0.3, -0.25) is 4.79 Å². The summed E-state index contributed by atoms with van der Waals surface area (Å²) in [6.07, 6.45) is 0.240. The van der Waals surface area contributed by atoms with Crippen molar-refractivity contribution in [3.63, 3.8) is 0 Å². The zero-order chi connectivity index (χ0) is 21.5. The number of ether oxygens (including phenoxy) is 2. The van der Waals surface area contributed by atoms with E-state index in [0.29, 0.717) is 16.3 Å². The minimum absolute atomic E-state index is 0.240. The Kier molecular flexibility index (Phi) is 7.09. The highest BCUT2D eigenvalue weighted by Gasteiger charge is 2.23. The average molecular weight is 424 g/mol. The number of halogens is 1. The monoisotopic (exact) mass is 423 g/mol. The number of rotatable bonds is 7. The van der Waals surface area contributed by atoms with E-state index in [4.69, 9.17) is 21.1 Å². The van der Waals surface area contributed by atoms with Crippen LogP contribution in [-0.4, -0.2) is 32.1 Å². The Morgan fingerprint density at radius 3 is 2.20 bits per heavy atom. The van der Waals surface area contributed by atoms with Gasteiger partial charge < -0.3 is 14.8 Å². The lowest BCUT2D eigenvalue weighted by atomic mass is 10.0. The van der Waals surface area contributed by atoms with Crippen molar-refractivity contribution in [2.24, 2.45) is 0 Å². The standard InChI is InChI=1S/C24H22ClNO4/c1-29-22-13-8-16(14-20(22)25)15-21(24(28)30-2)26-23(27)19-11-9-18(10-12-19)17-6-4-3-5-7-17/h3-14,21H,15H2,1-2H3,(H,26,27)/t21-/m0/s1. The van der Waals surface area contributed by atoms with Gasteiger partial charge in [-0.25, -0.2) is 4.79 Å². The highest BCUT2D eigenvalue weighted by Crippen LogP contribution is 2.25. The van der Waals surface area contributed by atoms with Crippen molar-refractivity contribution < 1.29 is 19.1 Å². The van der Waals surface area contributed by atoms with Gasteiger partial charge in [-0.05, 0) is 41.0 Å². The molecule has 0 unspecified atom stereocenters. The first-order valence-electron chi connectivity index (χ1n) is 9.38. The van der Waals surface area contributed by atoms with E-state index in [1.165, 1.54) is 14.2 Å². The maximum absolute atomic E-state index is 12.7. The summed E-state index contributed by atoms with van der Waals surface area (Å²) < 4.78 is 10.0. The summed E-state index contributed by atoms with van der Waals surface area (Å²) in [5.74, 6) is -0.349. The fraction of sp³-hybridized carbons (Fsp3) is 0.167. The molecule has 0 saturated carbocycles. The largest absolute Gasteiger partial charge is 0.495 e. The summed E-state index contributed by atoms with van der Waals surface area (Å²) in [6, 6.07) is 21.5. The molecule has 1 atom stereocenters. The lowest BCUT2D eigenvalue weighted by molar-refractivity contribution is -0.142. The molecule has 1 N–H and O–H groups in total. The first-order chi connectivity index (χ1) is 14.5. The van der Waals surface area contributed by atoms with Crippen LogP contribution >= 0.6 is 11.6 Å². The second-order valence-corrected chi connectivity index (χ2v) is 7.07. The van der Waals surface area contributed by atoms with E-state index in [1.54, 1.807) is 30.3 Å². The van der Waals surface area contributed by atoms with Crippen LogP contribution in [0.5, 0.6) is 5.75 Å². The molecule has 3 aromatic carbocycles. The average Bonchev–Trinajstić information content (AvgIpc) is 2.79. The molecule has 0 fully saturated rings. The van der Waals surface area contributed by atoms with E-state index in [1.807, 2.05) is 42.5 Å². The third kappa shape index (κ3) is 5.19. The maximum Gasteiger partial charge on any atom is 0.328 e. The molecule has 154 valence electrons. The molecule has 0 spiro atoms. The molecule has 3 rings (SSSR count). The normalized spacial score (nSPS) is 11.4. The van der Waals surface area contributed by atoms with Crippen molar-refractivity contribution in [2.75, 3.05) is 14.2 Å². The van der Waals surface area contributed by atoms with E-state index in [9.17, 15) is 9.59 Å². The molecule has 30 heavy (non-hydrogen) atoms. The zero-order valence-corrected chi connectivity index (χ0v) is 17.5. The third-order valence-electron chi connectivity index (χ3n) is 4.70. The van der Waals surface area contributed by atoms with Gasteiger partial charge >= 0.3 is 5.97 Å². The van der Waals surface area contributed by atoms with E-state index in [0.717, 1.165) is 16.7 Å². The third-order valence-corrected chi connectivity index (χ3v) is 5.00. The van der Waals surface area contributed by atoms with E-state index >= 15 is 0 Å². The number of amides is 1. The van der Waals surface area contributed by atoms with Gasteiger partial charge in [0.2, 0.25) is 0 Å². The molecule has 0 heterocycles. The molecule has 0 bridgehead atoms. The summed E-state index contributed by atoms with van der Waals surface area (Å²) >= 11 is 6.16. The number of methoxy groups -OCH3 is 2. The number of nitrogens with one attached hydrogen (secondary N) is 1. The van der Waals surface area contributed by atoms with Gasteiger partial charge in [0.05, 0.1) is 19.2 Å². The van der Waals surface area contributed by atoms with E-state index in [-0.39, 0.29) is 12.3 Å². The lowest BCUT2D eigenvalue weighted by Gasteiger charge is -2.17. The number of carbonyl (C=O) groups is 2. The predicted octanol–water partition coefficient (Wildman–Crippen LogP) is 4.53. The number of hydrogen-bond acceptors (Lipinski definition) is 4. The van der Waals surface area contributed by atoms with Crippen LogP contribution in [0.1, 0.15) is 15.9 Å². The summed E-state index contributed by atoms with van der Waals surface area (Å²) in [5.41, 5.74) is 3.30. The molecule has 0 aromatic heterocycles. The molecule has 0 aliphatic carbocycles. The van der Waals surface area contributed by atoms with Crippen molar-refractivity contribution in [2.45, 2.75) is 12.5 Å². The molecule has 0 saturated heterocycles. The summed E-state index contributed by atoms with van der Waals surface area (Å²) in [4.78, 5) is 25.0. The van der Waals surface area contributed by atoms with Crippen molar-refractivity contribution >= 4 is 23.5 Å². The number of esters is 1. The van der Waals surface area contributed by atoms with Crippen LogP contribution < -0.4 is 10.1 Å². The summed E-state index contributed by atoms with van der Waals surface area (Å²) in [7, 11) is 2.82. The maximum atomic E-state index is 12.7. The van der Waals surface area contributed by atoms with E-state index < -0.39 is 12.0 Å². The molecular formula is C24H22ClNO4. The minimum atomic E-state index is -0.847.